The van der Waals surface area contributed by atoms with Crippen molar-refractivity contribution < 1.29 is 19.4 Å². The molecule has 0 aromatic rings. The fraction of sp³-hybridized carbons (Fsp3) is 0.846. The minimum absolute atomic E-state index is 0.0648. The monoisotopic (exact) mass is 257 g/mol. The molecule has 1 atom stereocenters. The highest BCUT2D eigenvalue weighted by atomic mass is 16.6. The van der Waals surface area contributed by atoms with Crippen LogP contribution in [0.3, 0.4) is 0 Å². The second kappa shape index (κ2) is 5.59. The van der Waals surface area contributed by atoms with Gasteiger partial charge in [-0.15, -0.1) is 0 Å². The lowest BCUT2D eigenvalue weighted by Gasteiger charge is -2.42. The zero-order valence-electron chi connectivity index (χ0n) is 11.6. The zero-order chi connectivity index (χ0) is 13.9. The van der Waals surface area contributed by atoms with Gasteiger partial charge in [-0.1, -0.05) is 13.3 Å². The minimum atomic E-state index is -0.759. The molecule has 1 unspecified atom stereocenters. The number of carboxylic acids is 1. The molecular weight excluding hydrogens is 234 g/mol. The molecule has 0 saturated carbocycles. The summed E-state index contributed by atoms with van der Waals surface area (Å²) in [6, 6.07) is 0. The highest BCUT2D eigenvalue weighted by Crippen LogP contribution is 2.28. The Morgan fingerprint density at radius 1 is 1.39 bits per heavy atom. The third-order valence-electron chi connectivity index (χ3n) is 3.05. The van der Waals surface area contributed by atoms with Crippen LogP contribution in [0.2, 0.25) is 0 Å². The Balaban J connectivity index is 2.43. The van der Waals surface area contributed by atoms with Gasteiger partial charge in [0.15, 0.2) is 0 Å². The number of likely N-dealkylation sites (tertiary alicyclic amines) is 1. The van der Waals surface area contributed by atoms with E-state index in [2.05, 4.69) is 0 Å². The van der Waals surface area contributed by atoms with Crippen molar-refractivity contribution in [3.63, 3.8) is 0 Å². The van der Waals surface area contributed by atoms with Crippen LogP contribution in [0.5, 0.6) is 0 Å². The summed E-state index contributed by atoms with van der Waals surface area (Å²) in [5, 5.41) is 9.12. The molecule has 5 heteroatoms. The molecule has 1 aliphatic rings. The Kier molecular flexibility index (Phi) is 4.59. The lowest BCUT2D eigenvalue weighted by molar-refractivity contribution is -0.146. The molecule has 0 spiro atoms. The Hall–Kier alpha value is -1.26. The van der Waals surface area contributed by atoms with E-state index < -0.39 is 11.6 Å². The molecule has 1 saturated heterocycles. The average Bonchev–Trinajstić information content (AvgIpc) is 2.10. The predicted molar refractivity (Wildman–Crippen MR) is 67.3 cm³/mol. The quantitative estimate of drug-likeness (QED) is 0.839. The fourth-order valence-corrected chi connectivity index (χ4v) is 2.11. The molecule has 0 aromatic heterocycles. The van der Waals surface area contributed by atoms with Gasteiger partial charge in [-0.3, -0.25) is 4.79 Å². The smallest absolute Gasteiger partial charge is 0.410 e. The van der Waals surface area contributed by atoms with Gasteiger partial charge in [-0.25, -0.2) is 4.79 Å². The molecule has 0 radical (unpaired) electrons. The van der Waals surface area contributed by atoms with E-state index >= 15 is 0 Å². The summed E-state index contributed by atoms with van der Waals surface area (Å²) < 4.78 is 5.23. The number of ether oxygens (including phenoxy) is 1. The lowest BCUT2D eigenvalue weighted by Crippen LogP contribution is -2.55. The van der Waals surface area contributed by atoms with E-state index in [4.69, 9.17) is 9.84 Å². The van der Waals surface area contributed by atoms with E-state index in [1.807, 2.05) is 27.7 Å². The molecule has 1 rings (SSSR count). The third kappa shape index (κ3) is 3.89. The second-order valence-electron chi connectivity index (χ2n) is 5.88. The number of hydrogen-bond acceptors (Lipinski definition) is 3. The van der Waals surface area contributed by atoms with Crippen LogP contribution >= 0.6 is 0 Å². The number of hydrogen-bond donors (Lipinski definition) is 1. The largest absolute Gasteiger partial charge is 0.481 e. The minimum Gasteiger partial charge on any atom is -0.481 e. The van der Waals surface area contributed by atoms with Crippen molar-refractivity contribution >= 4 is 12.1 Å². The maximum Gasteiger partial charge on any atom is 0.410 e. The maximum atomic E-state index is 11.7. The number of carbonyl (C=O) groups excluding carboxylic acids is 1. The van der Waals surface area contributed by atoms with Gasteiger partial charge < -0.3 is 14.7 Å². The number of aliphatic carboxylic acids is 1. The molecule has 0 aliphatic carbocycles. The third-order valence-corrected chi connectivity index (χ3v) is 3.05. The van der Waals surface area contributed by atoms with Crippen LogP contribution in [0.15, 0.2) is 0 Å². The van der Waals surface area contributed by atoms with Crippen molar-refractivity contribution in [2.45, 2.75) is 46.1 Å². The molecule has 1 aliphatic heterocycles. The van der Waals surface area contributed by atoms with E-state index in [0.717, 1.165) is 6.42 Å². The van der Waals surface area contributed by atoms with Crippen molar-refractivity contribution in [2.24, 2.45) is 11.8 Å². The van der Waals surface area contributed by atoms with Crippen LogP contribution in [0.1, 0.15) is 40.5 Å². The van der Waals surface area contributed by atoms with E-state index in [1.165, 1.54) is 0 Å². The van der Waals surface area contributed by atoms with Gasteiger partial charge in [0.1, 0.15) is 5.60 Å². The molecule has 1 N–H and O–H groups in total. The van der Waals surface area contributed by atoms with Gasteiger partial charge in [-0.2, -0.15) is 0 Å². The highest BCUT2D eigenvalue weighted by Gasteiger charge is 2.40. The Morgan fingerprint density at radius 2 is 1.94 bits per heavy atom. The van der Waals surface area contributed by atoms with Crippen LogP contribution in [-0.2, 0) is 9.53 Å². The topological polar surface area (TPSA) is 66.8 Å². The van der Waals surface area contributed by atoms with Crippen molar-refractivity contribution in [1.82, 2.24) is 4.90 Å². The van der Waals surface area contributed by atoms with Gasteiger partial charge >= 0.3 is 12.1 Å². The Morgan fingerprint density at radius 3 is 2.33 bits per heavy atom. The Labute approximate surface area is 108 Å². The highest BCUT2D eigenvalue weighted by molar-refractivity contribution is 5.72. The molecule has 5 nitrogen and oxygen atoms in total. The summed E-state index contributed by atoms with van der Waals surface area (Å²) in [4.78, 5) is 24.4. The summed E-state index contributed by atoms with van der Waals surface area (Å²) in [6.45, 7) is 8.41. The lowest BCUT2D eigenvalue weighted by atomic mass is 9.83. The van der Waals surface area contributed by atoms with Crippen molar-refractivity contribution in [2.75, 3.05) is 13.1 Å². The van der Waals surface area contributed by atoms with Crippen LogP contribution in [-0.4, -0.2) is 40.8 Å². The van der Waals surface area contributed by atoms with E-state index in [9.17, 15) is 9.59 Å². The zero-order valence-corrected chi connectivity index (χ0v) is 11.6. The first-order chi connectivity index (χ1) is 8.24. The fourth-order valence-electron chi connectivity index (χ4n) is 2.11. The maximum absolute atomic E-state index is 11.7. The molecular formula is C13H23NO4. The molecule has 1 amide bonds. The van der Waals surface area contributed by atoms with Gasteiger partial charge in [0, 0.05) is 19.0 Å². The number of nitrogens with zero attached hydrogens (tertiary/aromatic N) is 1. The first-order valence-electron chi connectivity index (χ1n) is 6.45. The van der Waals surface area contributed by atoms with Crippen LogP contribution in [0.4, 0.5) is 4.79 Å². The van der Waals surface area contributed by atoms with Gasteiger partial charge in [-0.05, 0) is 27.2 Å². The normalized spacial score (nSPS) is 18.1. The molecule has 0 bridgehead atoms. The van der Waals surface area contributed by atoms with Crippen LogP contribution in [0.25, 0.3) is 0 Å². The summed E-state index contributed by atoms with van der Waals surface area (Å²) in [5.41, 5.74) is -0.502. The van der Waals surface area contributed by atoms with Crippen LogP contribution in [0, 0.1) is 11.8 Å². The molecule has 0 aromatic carbocycles. The molecule has 1 fully saturated rings. The Bertz CT molecular complexity index is 315. The van der Waals surface area contributed by atoms with Crippen molar-refractivity contribution in [3.8, 4) is 0 Å². The first kappa shape index (κ1) is 14.8. The second-order valence-corrected chi connectivity index (χ2v) is 5.88. The van der Waals surface area contributed by atoms with Gasteiger partial charge in [0.05, 0.1) is 5.92 Å². The predicted octanol–water partition coefficient (Wildman–Crippen LogP) is 2.35. The van der Waals surface area contributed by atoms with Crippen LogP contribution < -0.4 is 0 Å². The van der Waals surface area contributed by atoms with Crippen molar-refractivity contribution in [1.29, 1.82) is 0 Å². The number of carboxylic acid groups (broad SMARTS) is 1. The molecule has 18 heavy (non-hydrogen) atoms. The van der Waals surface area contributed by atoms with Crippen molar-refractivity contribution in [3.05, 3.63) is 0 Å². The summed E-state index contributed by atoms with van der Waals surface area (Å²) in [6.07, 6.45) is 1.17. The summed E-state index contributed by atoms with van der Waals surface area (Å²) >= 11 is 0. The van der Waals surface area contributed by atoms with E-state index in [-0.39, 0.29) is 17.9 Å². The van der Waals surface area contributed by atoms with Gasteiger partial charge in [0.2, 0.25) is 0 Å². The summed E-state index contributed by atoms with van der Waals surface area (Å²) in [5.74, 6) is -1.03. The average molecular weight is 257 g/mol. The number of amides is 1. The van der Waals surface area contributed by atoms with E-state index in [1.54, 1.807) is 4.90 Å². The van der Waals surface area contributed by atoms with E-state index in [0.29, 0.717) is 19.5 Å². The van der Waals surface area contributed by atoms with Gasteiger partial charge in [0.25, 0.3) is 0 Å². The standard InChI is InChI=1S/C13H23NO4/c1-5-6-10(11(15)16)9-7-14(8-9)12(17)18-13(2,3)4/h9-10H,5-8H2,1-4H3,(H,15,16). The first-order valence-corrected chi connectivity index (χ1v) is 6.45. The summed E-state index contributed by atoms with van der Waals surface area (Å²) in [7, 11) is 0. The molecule has 104 valence electrons. The number of carbonyl (C=O) groups is 2. The molecule has 1 heterocycles. The SMILES string of the molecule is CCCC(C(=O)O)C1CN(C(=O)OC(C)(C)C)C1. The number of rotatable bonds is 4.